The van der Waals surface area contributed by atoms with Gasteiger partial charge in [-0.1, -0.05) is 6.07 Å². The van der Waals surface area contributed by atoms with Crippen LogP contribution in [0.4, 0.5) is 8.78 Å². The number of rotatable bonds is 9. The predicted molar refractivity (Wildman–Crippen MR) is 64.9 cm³/mol. The molecule has 1 rings (SSSR count). The monoisotopic (exact) mass is 281 g/mol. The highest BCUT2D eigenvalue weighted by molar-refractivity contribution is 7.09. The lowest BCUT2D eigenvalue weighted by Crippen LogP contribution is -2.37. The second kappa shape index (κ2) is 8.49. The van der Waals surface area contributed by atoms with Crippen molar-refractivity contribution in [2.24, 2.45) is 0 Å². The van der Waals surface area contributed by atoms with Crippen LogP contribution in [0.3, 0.4) is 0 Å². The van der Waals surface area contributed by atoms with Crippen LogP contribution < -0.4 is 5.32 Å². The van der Waals surface area contributed by atoms with Crippen LogP contribution in [0.2, 0.25) is 0 Å². The molecule has 0 bridgehead atoms. The van der Waals surface area contributed by atoms with Crippen LogP contribution in [0.5, 0.6) is 0 Å². The summed E-state index contributed by atoms with van der Waals surface area (Å²) in [6.45, 7) is 0.401. The third-order valence-corrected chi connectivity index (χ3v) is 3.01. The summed E-state index contributed by atoms with van der Waals surface area (Å²) in [4.78, 5) is 1.06. The van der Waals surface area contributed by atoms with Gasteiger partial charge in [-0.15, -0.1) is 11.3 Å². The Morgan fingerprint density at radius 2 is 2.11 bits per heavy atom. The molecule has 0 aliphatic heterocycles. The molecule has 2 atom stereocenters. The van der Waals surface area contributed by atoms with Crippen LogP contribution in [-0.2, 0) is 11.3 Å². The number of alkyl halides is 2. The smallest absolute Gasteiger partial charge is 0.265 e. The van der Waals surface area contributed by atoms with Crippen molar-refractivity contribution >= 4 is 11.3 Å². The summed E-state index contributed by atoms with van der Waals surface area (Å²) < 4.78 is 29.1. The lowest BCUT2D eigenvalue weighted by Gasteiger charge is -2.14. The molecule has 3 N–H and O–H groups in total. The second-order valence-electron chi connectivity index (χ2n) is 3.81. The molecule has 7 heteroatoms. The SMILES string of the molecule is OC(CNCC(O)C(F)F)COCc1cccs1. The molecule has 1 aromatic rings. The molecule has 0 aliphatic rings. The molecular formula is C11H17F2NO3S. The molecular weight excluding hydrogens is 264 g/mol. The van der Waals surface area contributed by atoms with E-state index in [0.717, 1.165) is 4.88 Å². The number of ether oxygens (including phenoxy) is 1. The van der Waals surface area contributed by atoms with Crippen molar-refractivity contribution in [1.82, 2.24) is 5.32 Å². The Hall–Kier alpha value is -0.600. The van der Waals surface area contributed by atoms with Crippen LogP contribution in [0.15, 0.2) is 17.5 Å². The highest BCUT2D eigenvalue weighted by atomic mass is 32.1. The largest absolute Gasteiger partial charge is 0.389 e. The van der Waals surface area contributed by atoms with E-state index in [1.54, 1.807) is 11.3 Å². The molecule has 0 aliphatic carbocycles. The summed E-state index contributed by atoms with van der Waals surface area (Å²) in [7, 11) is 0. The third-order valence-electron chi connectivity index (χ3n) is 2.16. The first-order valence-corrected chi connectivity index (χ1v) is 6.42. The number of thiophene rings is 1. The Labute approximate surface area is 108 Å². The third kappa shape index (κ3) is 6.36. The van der Waals surface area contributed by atoms with Gasteiger partial charge in [-0.2, -0.15) is 0 Å². The molecule has 4 nitrogen and oxygen atoms in total. The van der Waals surface area contributed by atoms with Crippen LogP contribution in [0.25, 0.3) is 0 Å². The molecule has 18 heavy (non-hydrogen) atoms. The Balaban J connectivity index is 2.02. The van der Waals surface area contributed by atoms with Gasteiger partial charge in [0.15, 0.2) is 0 Å². The summed E-state index contributed by atoms with van der Waals surface area (Å²) in [6, 6.07) is 3.83. The summed E-state index contributed by atoms with van der Waals surface area (Å²) in [5.74, 6) is 0. The van der Waals surface area contributed by atoms with Crippen molar-refractivity contribution in [3.05, 3.63) is 22.4 Å². The van der Waals surface area contributed by atoms with E-state index in [0.29, 0.717) is 6.61 Å². The molecule has 0 saturated heterocycles. The molecule has 0 fully saturated rings. The first-order valence-electron chi connectivity index (χ1n) is 5.54. The van der Waals surface area contributed by atoms with Gasteiger partial charge >= 0.3 is 0 Å². The van der Waals surface area contributed by atoms with Crippen molar-refractivity contribution < 1.29 is 23.7 Å². The Morgan fingerprint density at radius 3 is 2.72 bits per heavy atom. The van der Waals surface area contributed by atoms with Crippen molar-refractivity contribution in [2.75, 3.05) is 19.7 Å². The van der Waals surface area contributed by atoms with E-state index in [-0.39, 0.29) is 19.7 Å². The normalized spacial score (nSPS) is 14.9. The maximum Gasteiger partial charge on any atom is 0.265 e. The van der Waals surface area contributed by atoms with E-state index in [4.69, 9.17) is 9.84 Å². The first kappa shape index (κ1) is 15.5. The summed E-state index contributed by atoms with van der Waals surface area (Å²) in [5, 5.41) is 22.8. The lowest BCUT2D eigenvalue weighted by molar-refractivity contribution is -0.00804. The lowest BCUT2D eigenvalue weighted by atomic mass is 10.3. The fourth-order valence-corrected chi connectivity index (χ4v) is 1.88. The van der Waals surface area contributed by atoms with Crippen LogP contribution in [-0.4, -0.2) is 48.5 Å². The van der Waals surface area contributed by atoms with Crippen molar-refractivity contribution in [3.8, 4) is 0 Å². The van der Waals surface area contributed by atoms with Gasteiger partial charge in [0.25, 0.3) is 6.43 Å². The fourth-order valence-electron chi connectivity index (χ4n) is 1.24. The first-order chi connectivity index (χ1) is 8.59. The van der Waals surface area contributed by atoms with Crippen molar-refractivity contribution in [1.29, 1.82) is 0 Å². The van der Waals surface area contributed by atoms with E-state index in [2.05, 4.69) is 5.32 Å². The van der Waals surface area contributed by atoms with E-state index in [9.17, 15) is 13.9 Å². The van der Waals surface area contributed by atoms with Gasteiger partial charge in [0.1, 0.15) is 6.10 Å². The predicted octanol–water partition coefficient (Wildman–Crippen LogP) is 0.841. The summed E-state index contributed by atoms with van der Waals surface area (Å²) in [5.41, 5.74) is 0. The number of nitrogens with one attached hydrogen (secondary N) is 1. The van der Waals surface area contributed by atoms with Gasteiger partial charge in [0.05, 0.1) is 19.3 Å². The minimum atomic E-state index is -2.77. The second-order valence-corrected chi connectivity index (χ2v) is 4.84. The van der Waals surface area contributed by atoms with E-state index in [1.165, 1.54) is 0 Å². The maximum atomic E-state index is 11.9. The standard InChI is InChI=1S/C11H17F2NO3S/c12-11(13)10(16)5-14-4-8(15)6-17-7-9-2-1-3-18-9/h1-3,8,10-11,14-16H,4-7H2. The molecule has 0 saturated carbocycles. The van der Waals surface area contributed by atoms with Crippen LogP contribution >= 0.6 is 11.3 Å². The van der Waals surface area contributed by atoms with E-state index < -0.39 is 18.6 Å². The molecule has 1 aromatic heterocycles. The molecule has 2 unspecified atom stereocenters. The van der Waals surface area contributed by atoms with Gasteiger partial charge in [-0.3, -0.25) is 0 Å². The number of halogens is 2. The highest BCUT2D eigenvalue weighted by Crippen LogP contribution is 2.09. The topological polar surface area (TPSA) is 61.7 Å². The summed E-state index contributed by atoms with van der Waals surface area (Å²) >= 11 is 1.56. The zero-order valence-corrected chi connectivity index (χ0v) is 10.6. The van der Waals surface area contributed by atoms with Gasteiger partial charge in [-0.25, -0.2) is 8.78 Å². The molecule has 0 spiro atoms. The average Bonchev–Trinajstić information content (AvgIpc) is 2.81. The van der Waals surface area contributed by atoms with E-state index in [1.807, 2.05) is 17.5 Å². The number of aliphatic hydroxyl groups excluding tert-OH is 2. The van der Waals surface area contributed by atoms with Crippen molar-refractivity contribution in [2.45, 2.75) is 25.2 Å². The quantitative estimate of drug-likeness (QED) is 0.628. The summed E-state index contributed by atoms with van der Waals surface area (Å²) in [6.07, 6.45) is -5.26. The number of hydrogen-bond acceptors (Lipinski definition) is 5. The molecule has 104 valence electrons. The Morgan fingerprint density at radius 1 is 1.33 bits per heavy atom. The van der Waals surface area contributed by atoms with Crippen LogP contribution in [0, 0.1) is 0 Å². The fraction of sp³-hybridized carbons (Fsp3) is 0.636. The average molecular weight is 281 g/mol. The van der Waals surface area contributed by atoms with Crippen molar-refractivity contribution in [3.63, 3.8) is 0 Å². The molecule has 0 radical (unpaired) electrons. The Kier molecular flexibility index (Phi) is 7.29. The molecule has 1 heterocycles. The van der Waals surface area contributed by atoms with Gasteiger partial charge in [0, 0.05) is 18.0 Å². The number of hydrogen-bond donors (Lipinski definition) is 3. The van der Waals surface area contributed by atoms with Gasteiger partial charge in [0.2, 0.25) is 0 Å². The molecule has 0 aromatic carbocycles. The van der Waals surface area contributed by atoms with Crippen LogP contribution in [0.1, 0.15) is 4.88 Å². The zero-order valence-electron chi connectivity index (χ0n) is 9.76. The number of aliphatic hydroxyl groups is 2. The maximum absolute atomic E-state index is 11.9. The molecule has 0 amide bonds. The van der Waals surface area contributed by atoms with Gasteiger partial charge < -0.3 is 20.3 Å². The minimum Gasteiger partial charge on any atom is -0.389 e. The zero-order chi connectivity index (χ0) is 13.4. The van der Waals surface area contributed by atoms with E-state index >= 15 is 0 Å². The van der Waals surface area contributed by atoms with Gasteiger partial charge in [-0.05, 0) is 11.4 Å². The highest BCUT2D eigenvalue weighted by Gasteiger charge is 2.16. The Bertz CT molecular complexity index is 311. The minimum absolute atomic E-state index is 0.105.